The number of hydrogen-bond acceptors (Lipinski definition) is 1. The van der Waals surface area contributed by atoms with Crippen LogP contribution in [0.25, 0.3) is 5.57 Å². The average Bonchev–Trinajstić information content (AvgIpc) is 2.54. The molecule has 23 heavy (non-hydrogen) atoms. The Balaban J connectivity index is 1.63. The minimum atomic E-state index is 0.345. The molecule has 0 amide bonds. The van der Waals surface area contributed by atoms with Crippen molar-refractivity contribution in [1.29, 1.82) is 0 Å². The lowest BCUT2D eigenvalue weighted by Crippen LogP contribution is -2.45. The third-order valence-corrected chi connectivity index (χ3v) is 5.34. The lowest BCUT2D eigenvalue weighted by molar-refractivity contribution is 0.219. The van der Waals surface area contributed by atoms with Crippen molar-refractivity contribution in [1.82, 2.24) is 4.90 Å². The molecule has 0 bridgehead atoms. The summed E-state index contributed by atoms with van der Waals surface area (Å²) in [5.41, 5.74) is 6.89. The molecule has 112 valence electrons. The molecule has 0 spiro atoms. The van der Waals surface area contributed by atoms with Crippen molar-refractivity contribution in [3.05, 3.63) is 101 Å². The van der Waals surface area contributed by atoms with Gasteiger partial charge in [-0.3, -0.25) is 0 Å². The van der Waals surface area contributed by atoms with Gasteiger partial charge >= 0.3 is 0 Å². The van der Waals surface area contributed by atoms with Crippen molar-refractivity contribution in [3.8, 4) is 0 Å². The number of rotatable bonds is 1. The number of nitrogens with zero attached hydrogens (tertiary/aromatic N) is 1. The van der Waals surface area contributed by atoms with E-state index in [0.29, 0.717) is 18.0 Å². The van der Waals surface area contributed by atoms with Gasteiger partial charge in [-0.25, -0.2) is 0 Å². The molecule has 0 fully saturated rings. The Morgan fingerprint density at radius 1 is 0.913 bits per heavy atom. The summed E-state index contributed by atoms with van der Waals surface area (Å²) in [6.45, 7) is 2.16. The number of benzene rings is 2. The molecule has 0 aromatic heterocycles. The quantitative estimate of drug-likeness (QED) is 0.671. The van der Waals surface area contributed by atoms with E-state index in [4.69, 9.17) is 0 Å². The maximum atomic E-state index is 2.51. The molecular weight excluding hydrogens is 278 g/mol. The van der Waals surface area contributed by atoms with Gasteiger partial charge in [-0.1, -0.05) is 66.2 Å². The summed E-state index contributed by atoms with van der Waals surface area (Å²) in [7, 11) is 0. The first-order valence-electron chi connectivity index (χ1n) is 8.33. The Labute approximate surface area is 137 Å². The molecule has 0 radical (unpaired) electrons. The minimum absolute atomic E-state index is 0.345. The second-order valence-corrected chi connectivity index (χ2v) is 6.73. The van der Waals surface area contributed by atoms with Crippen LogP contribution in [-0.4, -0.2) is 10.9 Å². The largest absolute Gasteiger partial charge is 0.360 e. The minimum Gasteiger partial charge on any atom is -0.360 e. The second kappa shape index (κ2) is 4.73. The van der Waals surface area contributed by atoms with Gasteiger partial charge < -0.3 is 4.90 Å². The highest BCUT2D eigenvalue weighted by atomic mass is 15.2. The van der Waals surface area contributed by atoms with Crippen molar-refractivity contribution >= 4 is 5.57 Å². The highest BCUT2D eigenvalue weighted by Gasteiger charge is 2.40. The zero-order chi connectivity index (χ0) is 15.4. The number of hydrogen-bond donors (Lipinski definition) is 0. The molecule has 5 rings (SSSR count). The van der Waals surface area contributed by atoms with Crippen molar-refractivity contribution in [2.24, 2.45) is 0 Å². The van der Waals surface area contributed by atoms with Gasteiger partial charge in [-0.05, 0) is 41.3 Å². The van der Waals surface area contributed by atoms with Crippen LogP contribution in [0.3, 0.4) is 0 Å². The third-order valence-electron chi connectivity index (χ3n) is 5.34. The predicted molar refractivity (Wildman–Crippen MR) is 95.0 cm³/mol. The highest BCUT2D eigenvalue weighted by molar-refractivity contribution is 5.76. The Morgan fingerprint density at radius 3 is 2.57 bits per heavy atom. The molecule has 2 aromatic carbocycles. The van der Waals surface area contributed by atoms with Gasteiger partial charge in [0.05, 0.1) is 12.1 Å². The predicted octanol–water partition coefficient (Wildman–Crippen LogP) is 4.98. The van der Waals surface area contributed by atoms with Gasteiger partial charge in [-0.2, -0.15) is 0 Å². The van der Waals surface area contributed by atoms with E-state index in [2.05, 4.69) is 90.9 Å². The van der Waals surface area contributed by atoms with Gasteiger partial charge in [-0.15, -0.1) is 0 Å². The lowest BCUT2D eigenvalue weighted by atomic mass is 9.73. The zero-order valence-electron chi connectivity index (χ0n) is 13.2. The topological polar surface area (TPSA) is 3.24 Å². The Bertz CT molecular complexity index is 871. The van der Waals surface area contributed by atoms with E-state index >= 15 is 0 Å². The summed E-state index contributed by atoms with van der Waals surface area (Å²) in [6.07, 6.45) is 11.7. The zero-order valence-corrected chi connectivity index (χ0v) is 13.2. The van der Waals surface area contributed by atoms with Crippen LogP contribution in [0.15, 0.2) is 79.0 Å². The molecule has 0 saturated carbocycles. The van der Waals surface area contributed by atoms with Gasteiger partial charge in [0.25, 0.3) is 0 Å². The van der Waals surface area contributed by atoms with E-state index in [-0.39, 0.29) is 0 Å². The van der Waals surface area contributed by atoms with Gasteiger partial charge in [0, 0.05) is 12.1 Å². The van der Waals surface area contributed by atoms with Gasteiger partial charge in [0.1, 0.15) is 0 Å². The maximum absolute atomic E-state index is 2.51. The van der Waals surface area contributed by atoms with Crippen LogP contribution >= 0.6 is 0 Å². The van der Waals surface area contributed by atoms with Crippen molar-refractivity contribution in [3.63, 3.8) is 0 Å². The van der Waals surface area contributed by atoms with Crippen LogP contribution in [0.1, 0.15) is 34.2 Å². The van der Waals surface area contributed by atoms with Gasteiger partial charge in [0.15, 0.2) is 0 Å². The van der Waals surface area contributed by atoms with Crippen molar-refractivity contribution < 1.29 is 0 Å². The standard InChI is InChI=1S/C22H19N/c1-15-5-4-6-16(13-15)17-11-12-23-21-10-9-20(21)18-7-2-3-8-19(18)22(23)14-17/h2-14,20-22H,1H3. The van der Waals surface area contributed by atoms with E-state index < -0.39 is 0 Å². The molecule has 1 nitrogen and oxygen atoms in total. The molecule has 3 atom stereocenters. The fourth-order valence-corrected chi connectivity index (χ4v) is 4.10. The smallest absolute Gasteiger partial charge is 0.0739 e. The second-order valence-electron chi connectivity index (χ2n) is 6.73. The molecule has 0 saturated heterocycles. The fraction of sp³-hybridized carbons (Fsp3) is 0.182. The number of aryl methyl sites for hydroxylation is 1. The normalized spacial score (nSPS) is 26.7. The van der Waals surface area contributed by atoms with Crippen LogP contribution in [0.2, 0.25) is 0 Å². The van der Waals surface area contributed by atoms with Crippen LogP contribution in [0.5, 0.6) is 0 Å². The highest BCUT2D eigenvalue weighted by Crippen LogP contribution is 2.48. The Hall–Kier alpha value is -2.54. The van der Waals surface area contributed by atoms with Crippen LogP contribution in [0, 0.1) is 6.92 Å². The first-order chi connectivity index (χ1) is 11.3. The summed E-state index contributed by atoms with van der Waals surface area (Å²) >= 11 is 0. The van der Waals surface area contributed by atoms with E-state index in [9.17, 15) is 0 Å². The summed E-state index contributed by atoms with van der Waals surface area (Å²) < 4.78 is 0. The molecule has 1 heteroatoms. The van der Waals surface area contributed by atoms with Crippen molar-refractivity contribution in [2.45, 2.75) is 24.9 Å². The first-order valence-corrected chi connectivity index (χ1v) is 8.33. The van der Waals surface area contributed by atoms with Crippen LogP contribution in [-0.2, 0) is 0 Å². The first kappa shape index (κ1) is 13.0. The molecule has 2 aliphatic heterocycles. The monoisotopic (exact) mass is 297 g/mol. The van der Waals surface area contributed by atoms with E-state index in [1.165, 1.54) is 27.8 Å². The SMILES string of the molecule is Cc1cccc(C2=CC3c4ccccc4C4C=CC4N3C=C2)c1. The summed E-state index contributed by atoms with van der Waals surface area (Å²) in [6, 6.07) is 18.6. The molecular formula is C22H19N. The van der Waals surface area contributed by atoms with Crippen molar-refractivity contribution in [2.75, 3.05) is 0 Å². The molecule has 0 N–H and O–H groups in total. The van der Waals surface area contributed by atoms with Gasteiger partial charge in [0.2, 0.25) is 0 Å². The van der Waals surface area contributed by atoms with Crippen LogP contribution < -0.4 is 0 Å². The summed E-state index contributed by atoms with van der Waals surface area (Å²) in [5.74, 6) is 0.556. The molecule has 2 aromatic rings. The average molecular weight is 297 g/mol. The van der Waals surface area contributed by atoms with E-state index in [1.807, 2.05) is 0 Å². The van der Waals surface area contributed by atoms with E-state index in [0.717, 1.165) is 0 Å². The number of fused-ring (bicyclic) bond motifs is 6. The molecule has 1 aliphatic carbocycles. The molecule has 3 unspecified atom stereocenters. The molecule has 3 aliphatic rings. The molecule has 2 heterocycles. The Kier molecular flexibility index (Phi) is 2.66. The lowest BCUT2D eigenvalue weighted by Gasteiger charge is -2.49. The number of allylic oxidation sites excluding steroid dienone is 2. The Morgan fingerprint density at radius 2 is 1.78 bits per heavy atom. The van der Waals surface area contributed by atoms with Crippen LogP contribution in [0.4, 0.5) is 0 Å². The maximum Gasteiger partial charge on any atom is 0.0739 e. The summed E-state index contributed by atoms with van der Waals surface area (Å²) in [4.78, 5) is 2.51. The third kappa shape index (κ3) is 1.86. The van der Waals surface area contributed by atoms with E-state index in [1.54, 1.807) is 0 Å². The fourth-order valence-electron chi connectivity index (χ4n) is 4.10. The summed E-state index contributed by atoms with van der Waals surface area (Å²) in [5, 5.41) is 0.